The molecule has 1 amide bonds. The Morgan fingerprint density at radius 3 is 2.09 bits per heavy atom. The van der Waals surface area contributed by atoms with E-state index in [2.05, 4.69) is 20.0 Å². The zero-order chi connectivity index (χ0) is 24.2. The first-order valence-electron chi connectivity index (χ1n) is 9.43. The number of aromatic nitrogens is 2. The van der Waals surface area contributed by atoms with Crippen LogP contribution in [-0.2, 0) is 24.8 Å². The van der Waals surface area contributed by atoms with Gasteiger partial charge in [0.25, 0.3) is 10.0 Å². The van der Waals surface area contributed by atoms with Gasteiger partial charge in [-0.05, 0) is 61.5 Å². The molecule has 3 aromatic rings. The number of nitrogens with one attached hydrogen (secondary N) is 2. The van der Waals surface area contributed by atoms with Crippen molar-refractivity contribution in [2.45, 2.75) is 17.9 Å². The number of anilines is 3. The molecule has 13 heteroatoms. The van der Waals surface area contributed by atoms with Crippen molar-refractivity contribution < 1.29 is 26.0 Å². The van der Waals surface area contributed by atoms with Gasteiger partial charge >= 0.3 is 0 Å². The summed E-state index contributed by atoms with van der Waals surface area (Å²) in [7, 11) is -7.83. The van der Waals surface area contributed by atoms with Crippen molar-refractivity contribution in [1.82, 2.24) is 9.97 Å². The summed E-state index contributed by atoms with van der Waals surface area (Å²) in [6.07, 6.45) is 3.70. The van der Waals surface area contributed by atoms with Gasteiger partial charge in [0, 0.05) is 18.1 Å². The summed E-state index contributed by atoms with van der Waals surface area (Å²) in [5.74, 6) is -1.31. The second-order valence-electron chi connectivity index (χ2n) is 6.90. The van der Waals surface area contributed by atoms with Crippen LogP contribution in [0.3, 0.4) is 0 Å². The fraction of sp³-hybridized carbons (Fsp3) is 0.150. The highest BCUT2D eigenvalue weighted by atomic mass is 32.2. The van der Waals surface area contributed by atoms with Gasteiger partial charge < -0.3 is 5.32 Å². The minimum absolute atomic E-state index is 0.0923. The molecule has 0 saturated heterocycles. The minimum atomic E-state index is -3.95. The Balaban J connectivity index is 1.76. The Kier molecular flexibility index (Phi) is 6.93. The maximum absolute atomic E-state index is 13.2. The van der Waals surface area contributed by atoms with Crippen LogP contribution in [0.4, 0.5) is 21.7 Å². The third-order valence-electron chi connectivity index (χ3n) is 4.39. The largest absolute Gasteiger partial charge is 0.324 e. The van der Waals surface area contributed by atoms with E-state index in [1.807, 2.05) is 0 Å². The molecule has 33 heavy (non-hydrogen) atoms. The van der Waals surface area contributed by atoms with Crippen LogP contribution in [0.5, 0.6) is 0 Å². The fourth-order valence-corrected chi connectivity index (χ4v) is 5.02. The average Bonchev–Trinajstić information content (AvgIpc) is 2.75. The molecule has 2 N–H and O–H groups in total. The molecule has 0 radical (unpaired) electrons. The molecule has 0 aliphatic rings. The van der Waals surface area contributed by atoms with Crippen molar-refractivity contribution in [2.24, 2.45) is 0 Å². The van der Waals surface area contributed by atoms with E-state index in [0.29, 0.717) is 0 Å². The molecular weight excluding hydrogens is 473 g/mol. The summed E-state index contributed by atoms with van der Waals surface area (Å²) in [4.78, 5) is 20.2. The number of carbonyl (C=O) groups is 1. The third kappa shape index (κ3) is 6.02. The number of benzene rings is 2. The molecule has 0 spiro atoms. The lowest BCUT2D eigenvalue weighted by molar-refractivity contribution is -0.116. The number of hydrogen-bond acceptors (Lipinski definition) is 7. The van der Waals surface area contributed by atoms with Crippen LogP contribution in [0, 0.1) is 5.82 Å². The lowest BCUT2D eigenvalue weighted by Gasteiger charge is -2.28. The standard InChI is InChI=1S/C20H20FN5O5S2/c1-14(26(32(2,28)29)17-8-4-15(21)5-9-17)19(27)24-16-6-10-18(11-7-16)33(30,31)25-20-22-12-3-13-23-20/h3-14H,1-2H3,(H,24,27)(H,22,23,25). The van der Waals surface area contributed by atoms with Gasteiger partial charge in [-0.2, -0.15) is 0 Å². The van der Waals surface area contributed by atoms with E-state index in [0.717, 1.165) is 22.7 Å². The van der Waals surface area contributed by atoms with Crippen LogP contribution in [0.15, 0.2) is 71.9 Å². The summed E-state index contributed by atoms with van der Waals surface area (Å²) < 4.78 is 65.8. The summed E-state index contributed by atoms with van der Waals surface area (Å²) >= 11 is 0. The molecule has 0 bridgehead atoms. The first kappa shape index (κ1) is 24.1. The smallest absolute Gasteiger partial charge is 0.264 e. The van der Waals surface area contributed by atoms with E-state index in [-0.39, 0.29) is 22.2 Å². The summed E-state index contributed by atoms with van der Waals surface area (Å²) in [5, 5.41) is 2.54. The van der Waals surface area contributed by atoms with Gasteiger partial charge in [0.1, 0.15) is 11.9 Å². The molecular formula is C20H20FN5O5S2. The van der Waals surface area contributed by atoms with Crippen molar-refractivity contribution in [3.8, 4) is 0 Å². The Labute approximate surface area is 190 Å². The van der Waals surface area contributed by atoms with Crippen LogP contribution in [0.2, 0.25) is 0 Å². The fourth-order valence-electron chi connectivity index (χ4n) is 2.89. The van der Waals surface area contributed by atoms with Crippen molar-refractivity contribution in [3.05, 3.63) is 72.8 Å². The molecule has 10 nitrogen and oxygen atoms in total. The average molecular weight is 494 g/mol. The predicted molar refractivity (Wildman–Crippen MR) is 121 cm³/mol. The highest BCUT2D eigenvalue weighted by Gasteiger charge is 2.29. The van der Waals surface area contributed by atoms with Crippen molar-refractivity contribution in [2.75, 3.05) is 20.6 Å². The van der Waals surface area contributed by atoms with E-state index in [1.165, 1.54) is 61.8 Å². The molecule has 0 aliphatic heterocycles. The molecule has 1 heterocycles. The summed E-state index contributed by atoms with van der Waals surface area (Å²) in [6, 6.07) is 10.3. The van der Waals surface area contributed by atoms with Gasteiger partial charge in [-0.1, -0.05) is 0 Å². The zero-order valence-electron chi connectivity index (χ0n) is 17.5. The van der Waals surface area contributed by atoms with E-state index in [9.17, 15) is 26.0 Å². The maximum atomic E-state index is 13.2. The molecule has 1 unspecified atom stereocenters. The van der Waals surface area contributed by atoms with Gasteiger partial charge in [-0.3, -0.25) is 9.10 Å². The number of hydrogen-bond donors (Lipinski definition) is 2. The summed E-state index contributed by atoms with van der Waals surface area (Å²) in [6.45, 7) is 1.38. The van der Waals surface area contributed by atoms with E-state index < -0.39 is 37.8 Å². The number of nitrogens with zero attached hydrogens (tertiary/aromatic N) is 3. The van der Waals surface area contributed by atoms with Crippen LogP contribution < -0.4 is 14.3 Å². The van der Waals surface area contributed by atoms with Gasteiger partial charge in [0.2, 0.25) is 21.9 Å². The van der Waals surface area contributed by atoms with Gasteiger partial charge in [-0.25, -0.2) is 35.9 Å². The van der Waals surface area contributed by atoms with Gasteiger partial charge in [-0.15, -0.1) is 0 Å². The molecule has 174 valence electrons. The first-order chi connectivity index (χ1) is 15.5. The highest BCUT2D eigenvalue weighted by Crippen LogP contribution is 2.22. The predicted octanol–water partition coefficient (Wildman–Crippen LogP) is 2.21. The quantitative estimate of drug-likeness (QED) is 0.491. The van der Waals surface area contributed by atoms with Crippen molar-refractivity contribution in [3.63, 3.8) is 0 Å². The summed E-state index contributed by atoms with van der Waals surface area (Å²) in [5.41, 5.74) is 0.367. The molecule has 0 saturated carbocycles. The molecule has 3 rings (SSSR count). The third-order valence-corrected chi connectivity index (χ3v) is 6.98. The zero-order valence-corrected chi connectivity index (χ0v) is 19.1. The monoisotopic (exact) mass is 493 g/mol. The SMILES string of the molecule is CC(C(=O)Nc1ccc(S(=O)(=O)Nc2ncccn2)cc1)N(c1ccc(F)cc1)S(C)(=O)=O. The number of sulfonamides is 2. The molecule has 1 atom stereocenters. The van der Waals surface area contributed by atoms with Crippen LogP contribution in [0.25, 0.3) is 0 Å². The normalized spacial score (nSPS) is 12.6. The molecule has 0 fully saturated rings. The lowest BCUT2D eigenvalue weighted by atomic mass is 10.2. The van der Waals surface area contributed by atoms with Crippen LogP contribution in [-0.4, -0.2) is 45.0 Å². The Morgan fingerprint density at radius 1 is 0.970 bits per heavy atom. The van der Waals surface area contributed by atoms with Gasteiger partial charge in [0.05, 0.1) is 16.8 Å². The molecule has 0 aliphatic carbocycles. The highest BCUT2D eigenvalue weighted by molar-refractivity contribution is 7.92. The number of amides is 1. The van der Waals surface area contributed by atoms with E-state index in [4.69, 9.17) is 0 Å². The Morgan fingerprint density at radius 2 is 1.55 bits per heavy atom. The molecule has 1 aromatic heterocycles. The molecule has 2 aromatic carbocycles. The van der Waals surface area contributed by atoms with E-state index >= 15 is 0 Å². The van der Waals surface area contributed by atoms with Crippen LogP contribution >= 0.6 is 0 Å². The Bertz CT molecular complexity index is 1330. The van der Waals surface area contributed by atoms with Gasteiger partial charge in [0.15, 0.2) is 0 Å². The van der Waals surface area contributed by atoms with Crippen LogP contribution in [0.1, 0.15) is 6.92 Å². The van der Waals surface area contributed by atoms with Crippen molar-refractivity contribution in [1.29, 1.82) is 0 Å². The Hall–Kier alpha value is -3.58. The first-order valence-corrected chi connectivity index (χ1v) is 12.8. The van der Waals surface area contributed by atoms with E-state index in [1.54, 1.807) is 0 Å². The maximum Gasteiger partial charge on any atom is 0.264 e. The number of rotatable bonds is 8. The topological polar surface area (TPSA) is 138 Å². The lowest BCUT2D eigenvalue weighted by Crippen LogP contribution is -2.45. The minimum Gasteiger partial charge on any atom is -0.324 e. The second-order valence-corrected chi connectivity index (χ2v) is 10.4. The number of halogens is 1. The number of carbonyl (C=O) groups excluding carboxylic acids is 1. The second kappa shape index (κ2) is 9.50. The van der Waals surface area contributed by atoms with Crippen molar-refractivity contribution >= 4 is 43.3 Å².